The number of carbonyl (C=O) groups excluding carboxylic acids is 2. The summed E-state index contributed by atoms with van der Waals surface area (Å²) in [6.45, 7) is 0. The van der Waals surface area contributed by atoms with Crippen molar-refractivity contribution in [2.45, 2.75) is 18.9 Å². The molecule has 0 saturated heterocycles. The fourth-order valence-electron chi connectivity index (χ4n) is 2.73. The normalized spacial score (nSPS) is 13.0. The molecular weight excluding hydrogens is 340 g/mol. The lowest BCUT2D eigenvalue weighted by molar-refractivity contribution is 0.102. The second-order valence-electron chi connectivity index (χ2n) is 6.54. The fourth-order valence-corrected chi connectivity index (χ4v) is 2.73. The molecule has 0 bridgehead atoms. The standard InChI is InChI=1S/C21H20N4O2/c26-20(15-4-3-5-19(14-15)25-12-1-2-13-25)22-16-6-8-17(9-7-16)23-21(27)24-18-10-11-18/h1-9,12-14,18H,10-11H2,(H,22,26)(H2,23,24,27). The minimum atomic E-state index is -0.198. The van der Waals surface area contributed by atoms with Crippen molar-refractivity contribution >= 4 is 23.3 Å². The average Bonchev–Trinajstić information content (AvgIpc) is 3.31. The first kappa shape index (κ1) is 16.9. The number of nitrogens with zero attached hydrogens (tertiary/aromatic N) is 1. The summed E-state index contributed by atoms with van der Waals surface area (Å²) in [4.78, 5) is 24.3. The summed E-state index contributed by atoms with van der Waals surface area (Å²) in [5, 5.41) is 8.53. The van der Waals surface area contributed by atoms with Gasteiger partial charge in [-0.15, -0.1) is 0 Å². The fraction of sp³-hybridized carbons (Fsp3) is 0.143. The molecule has 4 rings (SSSR count). The Hall–Kier alpha value is -3.54. The van der Waals surface area contributed by atoms with Crippen LogP contribution in [0, 0.1) is 0 Å². The van der Waals surface area contributed by atoms with Crippen LogP contribution in [0.15, 0.2) is 73.1 Å². The van der Waals surface area contributed by atoms with Crippen LogP contribution in [0.25, 0.3) is 5.69 Å². The maximum Gasteiger partial charge on any atom is 0.319 e. The predicted molar refractivity (Wildman–Crippen MR) is 105 cm³/mol. The zero-order valence-corrected chi connectivity index (χ0v) is 14.7. The Kier molecular flexibility index (Phi) is 4.61. The van der Waals surface area contributed by atoms with E-state index in [0.717, 1.165) is 18.5 Å². The number of carbonyl (C=O) groups is 2. The minimum absolute atomic E-state index is 0.184. The predicted octanol–water partition coefficient (Wildman–Crippen LogP) is 4.01. The summed E-state index contributed by atoms with van der Waals surface area (Å²) in [5.74, 6) is -0.184. The van der Waals surface area contributed by atoms with Crippen LogP contribution in [0.5, 0.6) is 0 Å². The van der Waals surface area contributed by atoms with Crippen molar-refractivity contribution in [3.05, 3.63) is 78.6 Å². The molecule has 2 aromatic carbocycles. The van der Waals surface area contributed by atoms with Gasteiger partial charge in [0.05, 0.1) is 0 Å². The van der Waals surface area contributed by atoms with E-state index in [4.69, 9.17) is 0 Å². The molecule has 6 nitrogen and oxygen atoms in total. The number of hydrogen-bond acceptors (Lipinski definition) is 2. The van der Waals surface area contributed by atoms with Crippen LogP contribution in [0.3, 0.4) is 0 Å². The summed E-state index contributed by atoms with van der Waals surface area (Å²) < 4.78 is 1.95. The van der Waals surface area contributed by atoms with E-state index in [1.807, 2.05) is 47.3 Å². The van der Waals surface area contributed by atoms with Gasteiger partial charge in [-0.3, -0.25) is 4.79 Å². The zero-order chi connectivity index (χ0) is 18.6. The van der Waals surface area contributed by atoms with Crippen molar-refractivity contribution in [1.82, 2.24) is 9.88 Å². The SMILES string of the molecule is O=C(Nc1ccc(NC(=O)c2cccc(-n3cccc3)c2)cc1)NC1CC1. The highest BCUT2D eigenvalue weighted by Crippen LogP contribution is 2.19. The van der Waals surface area contributed by atoms with Gasteiger partial charge in [0.15, 0.2) is 0 Å². The molecule has 1 aliphatic carbocycles. The van der Waals surface area contributed by atoms with E-state index in [1.165, 1.54) is 0 Å². The van der Waals surface area contributed by atoms with Crippen molar-refractivity contribution in [2.24, 2.45) is 0 Å². The van der Waals surface area contributed by atoms with Crippen LogP contribution in [-0.4, -0.2) is 22.5 Å². The lowest BCUT2D eigenvalue weighted by atomic mass is 10.1. The molecule has 0 aliphatic heterocycles. The highest BCUT2D eigenvalue weighted by atomic mass is 16.2. The zero-order valence-electron chi connectivity index (χ0n) is 14.7. The van der Waals surface area contributed by atoms with Gasteiger partial charge in [0.25, 0.3) is 5.91 Å². The highest BCUT2D eigenvalue weighted by molar-refractivity contribution is 6.04. The first-order valence-electron chi connectivity index (χ1n) is 8.90. The Morgan fingerprint density at radius 1 is 0.852 bits per heavy atom. The number of urea groups is 1. The molecule has 0 radical (unpaired) electrons. The van der Waals surface area contributed by atoms with E-state index in [-0.39, 0.29) is 11.9 Å². The molecule has 0 spiro atoms. The van der Waals surface area contributed by atoms with E-state index >= 15 is 0 Å². The summed E-state index contributed by atoms with van der Waals surface area (Å²) in [5.41, 5.74) is 2.85. The molecule has 6 heteroatoms. The van der Waals surface area contributed by atoms with Crippen molar-refractivity contribution in [1.29, 1.82) is 0 Å². The summed E-state index contributed by atoms with van der Waals surface area (Å²) >= 11 is 0. The molecule has 3 amide bonds. The quantitative estimate of drug-likeness (QED) is 0.643. The molecular formula is C21H20N4O2. The summed E-state index contributed by atoms with van der Waals surface area (Å²) in [6, 6.07) is 18.5. The van der Waals surface area contributed by atoms with Crippen LogP contribution in [0.4, 0.5) is 16.2 Å². The number of rotatable bonds is 5. The maximum atomic E-state index is 12.5. The van der Waals surface area contributed by atoms with Crippen LogP contribution in [0.1, 0.15) is 23.2 Å². The molecule has 1 aliphatic rings. The van der Waals surface area contributed by atoms with Crippen molar-refractivity contribution in [2.75, 3.05) is 10.6 Å². The maximum absolute atomic E-state index is 12.5. The van der Waals surface area contributed by atoms with E-state index < -0.39 is 0 Å². The number of anilines is 2. The number of amides is 3. The minimum Gasteiger partial charge on any atom is -0.335 e. The van der Waals surface area contributed by atoms with E-state index in [9.17, 15) is 9.59 Å². The Balaban J connectivity index is 1.39. The Morgan fingerprint density at radius 2 is 1.52 bits per heavy atom. The number of benzene rings is 2. The molecule has 1 fully saturated rings. The van der Waals surface area contributed by atoms with Gasteiger partial charge in [-0.2, -0.15) is 0 Å². The topological polar surface area (TPSA) is 75.2 Å². The third-order valence-corrected chi connectivity index (χ3v) is 4.32. The van der Waals surface area contributed by atoms with Crippen molar-refractivity contribution in [3.8, 4) is 5.69 Å². The Labute approximate surface area is 157 Å². The van der Waals surface area contributed by atoms with Crippen molar-refractivity contribution < 1.29 is 9.59 Å². The number of nitrogens with one attached hydrogen (secondary N) is 3. The second kappa shape index (κ2) is 7.37. The molecule has 1 heterocycles. The first-order valence-corrected chi connectivity index (χ1v) is 8.90. The van der Waals surface area contributed by atoms with Gasteiger partial charge in [0.1, 0.15) is 0 Å². The van der Waals surface area contributed by atoms with Gasteiger partial charge in [-0.25, -0.2) is 4.79 Å². The number of aromatic nitrogens is 1. The molecule has 3 N–H and O–H groups in total. The molecule has 0 unspecified atom stereocenters. The number of hydrogen-bond donors (Lipinski definition) is 3. The van der Waals surface area contributed by atoms with E-state index in [1.54, 1.807) is 30.3 Å². The molecule has 27 heavy (non-hydrogen) atoms. The van der Waals surface area contributed by atoms with Gasteiger partial charge in [0, 0.05) is 41.1 Å². The van der Waals surface area contributed by atoms with Gasteiger partial charge in [-0.05, 0) is 67.4 Å². The Morgan fingerprint density at radius 3 is 2.19 bits per heavy atom. The lowest BCUT2D eigenvalue weighted by Crippen LogP contribution is -2.30. The first-order chi connectivity index (χ1) is 13.2. The third-order valence-electron chi connectivity index (χ3n) is 4.32. The lowest BCUT2D eigenvalue weighted by Gasteiger charge is -2.10. The van der Waals surface area contributed by atoms with Crippen LogP contribution < -0.4 is 16.0 Å². The molecule has 3 aromatic rings. The van der Waals surface area contributed by atoms with Crippen LogP contribution in [-0.2, 0) is 0 Å². The molecule has 1 aromatic heterocycles. The monoisotopic (exact) mass is 360 g/mol. The van der Waals surface area contributed by atoms with Gasteiger partial charge < -0.3 is 20.5 Å². The van der Waals surface area contributed by atoms with Crippen molar-refractivity contribution in [3.63, 3.8) is 0 Å². The highest BCUT2D eigenvalue weighted by Gasteiger charge is 2.23. The third kappa shape index (κ3) is 4.36. The van der Waals surface area contributed by atoms with Gasteiger partial charge in [-0.1, -0.05) is 6.07 Å². The van der Waals surface area contributed by atoms with Gasteiger partial charge in [0.2, 0.25) is 0 Å². The Bertz CT molecular complexity index is 945. The molecule has 0 atom stereocenters. The smallest absolute Gasteiger partial charge is 0.319 e. The summed E-state index contributed by atoms with van der Waals surface area (Å²) in [7, 11) is 0. The van der Waals surface area contributed by atoms with Gasteiger partial charge >= 0.3 is 6.03 Å². The molecule has 136 valence electrons. The average molecular weight is 360 g/mol. The second-order valence-corrected chi connectivity index (χ2v) is 6.54. The summed E-state index contributed by atoms with van der Waals surface area (Å²) in [6.07, 6.45) is 5.96. The van der Waals surface area contributed by atoms with Crippen LogP contribution >= 0.6 is 0 Å². The molecule has 1 saturated carbocycles. The van der Waals surface area contributed by atoms with Crippen LogP contribution in [0.2, 0.25) is 0 Å². The van der Waals surface area contributed by atoms with E-state index in [2.05, 4.69) is 16.0 Å². The van der Waals surface area contributed by atoms with E-state index in [0.29, 0.717) is 23.0 Å². The largest absolute Gasteiger partial charge is 0.335 e.